The molecular formula is C14H22N2O. The van der Waals surface area contributed by atoms with Gasteiger partial charge in [0, 0.05) is 25.0 Å². The lowest BCUT2D eigenvalue weighted by atomic mass is 9.85. The average Bonchev–Trinajstić information content (AvgIpc) is 2.38. The molecule has 1 aliphatic rings. The number of hydrogen-bond acceptors (Lipinski definition) is 3. The van der Waals surface area contributed by atoms with Crippen LogP contribution in [-0.2, 0) is 11.2 Å². The van der Waals surface area contributed by atoms with E-state index in [1.54, 1.807) is 0 Å². The van der Waals surface area contributed by atoms with E-state index in [9.17, 15) is 0 Å². The SMILES string of the molecule is CNC(Cc1cccnc1)C1(C)CCCCO1. The Labute approximate surface area is 104 Å². The molecule has 3 heteroatoms. The number of nitrogens with zero attached hydrogens (tertiary/aromatic N) is 1. The Kier molecular flexibility index (Phi) is 4.13. The molecular weight excluding hydrogens is 212 g/mol. The van der Waals surface area contributed by atoms with Crippen molar-refractivity contribution in [2.75, 3.05) is 13.7 Å². The minimum absolute atomic E-state index is 0.0388. The van der Waals surface area contributed by atoms with E-state index >= 15 is 0 Å². The van der Waals surface area contributed by atoms with Gasteiger partial charge in [0.05, 0.1) is 5.60 Å². The molecule has 0 amide bonds. The molecule has 2 heterocycles. The summed E-state index contributed by atoms with van der Waals surface area (Å²) in [5, 5.41) is 3.41. The van der Waals surface area contributed by atoms with Gasteiger partial charge in [0.25, 0.3) is 0 Å². The van der Waals surface area contributed by atoms with Gasteiger partial charge in [-0.05, 0) is 51.3 Å². The standard InChI is InChI=1S/C14H22N2O/c1-14(7-3-4-9-17-14)13(15-2)10-12-6-5-8-16-11-12/h5-6,8,11,13,15H,3-4,7,9-10H2,1-2H3. The lowest BCUT2D eigenvalue weighted by Gasteiger charge is -2.40. The number of rotatable bonds is 4. The Bertz CT molecular complexity index is 333. The maximum atomic E-state index is 6.01. The van der Waals surface area contributed by atoms with E-state index in [1.165, 1.54) is 18.4 Å². The van der Waals surface area contributed by atoms with Crippen molar-refractivity contribution in [3.05, 3.63) is 30.1 Å². The van der Waals surface area contributed by atoms with Gasteiger partial charge < -0.3 is 10.1 Å². The zero-order valence-electron chi connectivity index (χ0n) is 10.8. The number of pyridine rings is 1. The molecule has 1 aliphatic heterocycles. The van der Waals surface area contributed by atoms with E-state index in [-0.39, 0.29) is 5.60 Å². The first-order valence-corrected chi connectivity index (χ1v) is 6.45. The molecule has 0 radical (unpaired) electrons. The highest BCUT2D eigenvalue weighted by Crippen LogP contribution is 2.29. The first-order chi connectivity index (χ1) is 8.24. The van der Waals surface area contributed by atoms with Gasteiger partial charge in [0.15, 0.2) is 0 Å². The average molecular weight is 234 g/mol. The van der Waals surface area contributed by atoms with E-state index in [1.807, 2.05) is 25.5 Å². The number of aromatic nitrogens is 1. The van der Waals surface area contributed by atoms with Crippen molar-refractivity contribution in [3.8, 4) is 0 Å². The van der Waals surface area contributed by atoms with Crippen LogP contribution in [0.5, 0.6) is 0 Å². The molecule has 1 fully saturated rings. The van der Waals surface area contributed by atoms with Crippen LogP contribution in [0.1, 0.15) is 31.7 Å². The third-order valence-corrected chi connectivity index (χ3v) is 3.75. The van der Waals surface area contributed by atoms with Gasteiger partial charge in [0.1, 0.15) is 0 Å². The molecule has 2 rings (SSSR count). The molecule has 0 saturated carbocycles. The minimum Gasteiger partial charge on any atom is -0.374 e. The van der Waals surface area contributed by atoms with Crippen LogP contribution in [-0.4, -0.2) is 30.3 Å². The monoisotopic (exact) mass is 234 g/mol. The molecule has 1 N–H and O–H groups in total. The van der Waals surface area contributed by atoms with Crippen LogP contribution in [0.2, 0.25) is 0 Å². The zero-order chi connectivity index (χ0) is 12.1. The fourth-order valence-electron chi connectivity index (χ4n) is 2.61. The maximum absolute atomic E-state index is 6.01. The number of nitrogens with one attached hydrogen (secondary N) is 1. The molecule has 0 aliphatic carbocycles. The van der Waals surface area contributed by atoms with Gasteiger partial charge in [-0.1, -0.05) is 6.07 Å². The van der Waals surface area contributed by atoms with E-state index in [4.69, 9.17) is 4.74 Å². The topological polar surface area (TPSA) is 34.2 Å². The number of likely N-dealkylation sites (N-methyl/N-ethyl adjacent to an activating group) is 1. The second kappa shape index (κ2) is 5.61. The van der Waals surface area contributed by atoms with E-state index in [2.05, 4.69) is 23.3 Å². The van der Waals surface area contributed by atoms with Crippen molar-refractivity contribution < 1.29 is 4.74 Å². The second-order valence-electron chi connectivity index (χ2n) is 5.02. The predicted octanol–water partition coefficient (Wildman–Crippen LogP) is 2.17. The van der Waals surface area contributed by atoms with Gasteiger partial charge in [-0.3, -0.25) is 4.98 Å². The Hall–Kier alpha value is -0.930. The minimum atomic E-state index is -0.0388. The summed E-state index contributed by atoms with van der Waals surface area (Å²) in [6.07, 6.45) is 8.33. The molecule has 1 aromatic heterocycles. The van der Waals surface area contributed by atoms with Crippen LogP contribution >= 0.6 is 0 Å². The lowest BCUT2D eigenvalue weighted by Crippen LogP contribution is -2.52. The molecule has 1 saturated heterocycles. The summed E-state index contributed by atoms with van der Waals surface area (Å²) < 4.78 is 6.01. The van der Waals surface area contributed by atoms with E-state index in [0.717, 1.165) is 19.4 Å². The van der Waals surface area contributed by atoms with Gasteiger partial charge >= 0.3 is 0 Å². The molecule has 94 valence electrons. The number of hydrogen-bond donors (Lipinski definition) is 1. The van der Waals surface area contributed by atoms with Crippen LogP contribution in [0, 0.1) is 0 Å². The van der Waals surface area contributed by atoms with Gasteiger partial charge in [0.2, 0.25) is 0 Å². The summed E-state index contributed by atoms with van der Waals surface area (Å²) in [5.74, 6) is 0. The van der Waals surface area contributed by atoms with Crippen LogP contribution in [0.4, 0.5) is 0 Å². The summed E-state index contributed by atoms with van der Waals surface area (Å²) in [4.78, 5) is 4.17. The normalized spacial score (nSPS) is 26.7. The fourth-order valence-corrected chi connectivity index (χ4v) is 2.61. The zero-order valence-corrected chi connectivity index (χ0v) is 10.8. The Balaban J connectivity index is 2.05. The molecule has 2 atom stereocenters. The third kappa shape index (κ3) is 3.05. The predicted molar refractivity (Wildman–Crippen MR) is 69.0 cm³/mol. The fraction of sp³-hybridized carbons (Fsp3) is 0.643. The van der Waals surface area contributed by atoms with Crippen LogP contribution in [0.25, 0.3) is 0 Å². The summed E-state index contributed by atoms with van der Waals surface area (Å²) in [5.41, 5.74) is 1.23. The highest BCUT2D eigenvalue weighted by molar-refractivity contribution is 5.12. The summed E-state index contributed by atoms with van der Waals surface area (Å²) in [6, 6.07) is 4.47. The molecule has 3 nitrogen and oxygen atoms in total. The lowest BCUT2D eigenvalue weighted by molar-refractivity contribution is -0.0870. The Morgan fingerprint density at radius 1 is 1.53 bits per heavy atom. The van der Waals surface area contributed by atoms with Gasteiger partial charge in [-0.2, -0.15) is 0 Å². The highest BCUT2D eigenvalue weighted by atomic mass is 16.5. The first-order valence-electron chi connectivity index (χ1n) is 6.45. The van der Waals surface area contributed by atoms with Crippen LogP contribution in [0.3, 0.4) is 0 Å². The quantitative estimate of drug-likeness (QED) is 0.867. The van der Waals surface area contributed by atoms with Crippen molar-refractivity contribution in [1.29, 1.82) is 0 Å². The molecule has 1 aromatic rings. The highest BCUT2D eigenvalue weighted by Gasteiger charge is 2.35. The van der Waals surface area contributed by atoms with Crippen molar-refractivity contribution >= 4 is 0 Å². The van der Waals surface area contributed by atoms with Crippen molar-refractivity contribution in [2.24, 2.45) is 0 Å². The molecule has 2 unspecified atom stereocenters. The Morgan fingerprint density at radius 2 is 2.41 bits per heavy atom. The number of ether oxygens (including phenoxy) is 1. The summed E-state index contributed by atoms with van der Waals surface area (Å²) in [6.45, 7) is 3.12. The third-order valence-electron chi connectivity index (χ3n) is 3.75. The van der Waals surface area contributed by atoms with E-state index in [0.29, 0.717) is 6.04 Å². The second-order valence-corrected chi connectivity index (χ2v) is 5.02. The van der Waals surface area contributed by atoms with Crippen molar-refractivity contribution in [2.45, 2.75) is 44.2 Å². The largest absolute Gasteiger partial charge is 0.374 e. The molecule has 0 spiro atoms. The van der Waals surface area contributed by atoms with Crippen LogP contribution in [0.15, 0.2) is 24.5 Å². The molecule has 0 bridgehead atoms. The van der Waals surface area contributed by atoms with E-state index < -0.39 is 0 Å². The Morgan fingerprint density at radius 3 is 3.00 bits per heavy atom. The summed E-state index contributed by atoms with van der Waals surface area (Å²) in [7, 11) is 2.02. The maximum Gasteiger partial charge on any atom is 0.0809 e. The molecule has 0 aromatic carbocycles. The smallest absolute Gasteiger partial charge is 0.0809 e. The van der Waals surface area contributed by atoms with Crippen molar-refractivity contribution in [3.63, 3.8) is 0 Å². The summed E-state index contributed by atoms with van der Waals surface area (Å²) >= 11 is 0. The molecule has 17 heavy (non-hydrogen) atoms. The van der Waals surface area contributed by atoms with Crippen LogP contribution < -0.4 is 5.32 Å². The first kappa shape index (κ1) is 12.5. The van der Waals surface area contributed by atoms with Gasteiger partial charge in [-0.15, -0.1) is 0 Å². The van der Waals surface area contributed by atoms with Gasteiger partial charge in [-0.25, -0.2) is 0 Å². The van der Waals surface area contributed by atoms with Crippen molar-refractivity contribution in [1.82, 2.24) is 10.3 Å².